The summed E-state index contributed by atoms with van der Waals surface area (Å²) in [5, 5.41) is 9.07. The molecule has 0 aliphatic rings. The van der Waals surface area contributed by atoms with Crippen molar-refractivity contribution in [1.29, 1.82) is 5.26 Å². The Morgan fingerprint density at radius 1 is 1.17 bits per heavy atom. The first-order chi connectivity index (χ1) is 8.81. The second-order valence-corrected chi connectivity index (χ2v) is 4.13. The first kappa shape index (κ1) is 12.1. The molecule has 0 fully saturated rings. The highest BCUT2D eigenvalue weighted by Gasteiger charge is 2.16. The van der Waals surface area contributed by atoms with Crippen LogP contribution in [-0.2, 0) is 6.42 Å². The summed E-state index contributed by atoms with van der Waals surface area (Å²) in [6.07, 6.45) is 2.48. The first-order valence-electron chi connectivity index (χ1n) is 5.85. The maximum Gasteiger partial charge on any atom is 0.0947 e. The highest BCUT2D eigenvalue weighted by Crippen LogP contribution is 2.26. The second-order valence-electron chi connectivity index (χ2n) is 4.13. The van der Waals surface area contributed by atoms with Crippen molar-refractivity contribution in [1.82, 2.24) is 4.98 Å². The molecule has 0 spiro atoms. The molecule has 0 bridgehead atoms. The van der Waals surface area contributed by atoms with Crippen LogP contribution in [0.5, 0.6) is 0 Å². The van der Waals surface area contributed by atoms with E-state index in [2.05, 4.69) is 17.6 Å². The zero-order valence-corrected chi connectivity index (χ0v) is 10.1. The lowest BCUT2D eigenvalue weighted by atomic mass is 9.88. The van der Waals surface area contributed by atoms with Gasteiger partial charge in [-0.15, -0.1) is 0 Å². The minimum atomic E-state index is 0.00565. The topological polar surface area (TPSA) is 36.7 Å². The van der Waals surface area contributed by atoms with E-state index in [4.69, 9.17) is 5.26 Å². The highest BCUT2D eigenvalue weighted by molar-refractivity contribution is 5.36. The van der Waals surface area contributed by atoms with E-state index in [1.165, 1.54) is 0 Å². The smallest absolute Gasteiger partial charge is 0.0947 e. The molecule has 0 N–H and O–H groups in total. The van der Waals surface area contributed by atoms with Crippen molar-refractivity contribution in [2.45, 2.75) is 12.3 Å². The molecule has 0 saturated carbocycles. The fourth-order valence-electron chi connectivity index (χ4n) is 1.93. The van der Waals surface area contributed by atoms with Crippen LogP contribution in [0, 0.1) is 11.3 Å². The standard InChI is InChI=1S/C16H14N2/c1-13(12-17)16(14-7-3-2-4-8-14)11-15-9-5-6-10-18-15/h2-10,16H,1,11H2/t16-/m0/s1. The van der Waals surface area contributed by atoms with E-state index in [-0.39, 0.29) is 5.92 Å². The number of rotatable bonds is 4. The van der Waals surface area contributed by atoms with Crippen LogP contribution < -0.4 is 0 Å². The minimum Gasteiger partial charge on any atom is -0.261 e. The molecule has 1 aromatic heterocycles. The molecule has 0 amide bonds. The van der Waals surface area contributed by atoms with Crippen LogP contribution in [0.15, 0.2) is 66.9 Å². The summed E-state index contributed by atoms with van der Waals surface area (Å²) in [7, 11) is 0. The summed E-state index contributed by atoms with van der Waals surface area (Å²) in [6, 6.07) is 18.0. The van der Waals surface area contributed by atoms with Gasteiger partial charge >= 0.3 is 0 Å². The van der Waals surface area contributed by atoms with Crippen molar-refractivity contribution < 1.29 is 0 Å². The molecule has 18 heavy (non-hydrogen) atoms. The van der Waals surface area contributed by atoms with Crippen molar-refractivity contribution in [2.24, 2.45) is 0 Å². The van der Waals surface area contributed by atoms with E-state index in [1.54, 1.807) is 6.20 Å². The predicted molar refractivity (Wildman–Crippen MR) is 71.9 cm³/mol. The summed E-state index contributed by atoms with van der Waals surface area (Å²) in [5.74, 6) is 0.00565. The van der Waals surface area contributed by atoms with Gasteiger partial charge in [0.2, 0.25) is 0 Å². The molecular weight excluding hydrogens is 220 g/mol. The fraction of sp³-hybridized carbons (Fsp3) is 0.125. The summed E-state index contributed by atoms with van der Waals surface area (Å²) < 4.78 is 0. The van der Waals surface area contributed by atoms with E-state index in [0.29, 0.717) is 12.0 Å². The summed E-state index contributed by atoms with van der Waals surface area (Å²) in [4.78, 5) is 4.31. The van der Waals surface area contributed by atoms with Gasteiger partial charge in [0, 0.05) is 29.8 Å². The van der Waals surface area contributed by atoms with E-state index in [0.717, 1.165) is 11.3 Å². The Labute approximate surface area is 107 Å². The molecular formula is C16H14N2. The third-order valence-electron chi connectivity index (χ3n) is 2.91. The highest BCUT2D eigenvalue weighted by atomic mass is 14.7. The number of nitrogens with zero attached hydrogens (tertiary/aromatic N) is 2. The molecule has 0 aliphatic carbocycles. The molecule has 2 nitrogen and oxygen atoms in total. The molecule has 2 heteroatoms. The quantitative estimate of drug-likeness (QED) is 0.759. The summed E-state index contributed by atoms with van der Waals surface area (Å²) >= 11 is 0. The number of aromatic nitrogens is 1. The SMILES string of the molecule is C=C(C#N)[C@H](Cc1ccccn1)c1ccccc1. The molecule has 88 valence electrons. The predicted octanol–water partition coefficient (Wildman–Crippen LogP) is 3.49. The Balaban J connectivity index is 2.28. The van der Waals surface area contributed by atoms with E-state index in [9.17, 15) is 0 Å². The molecule has 1 aromatic carbocycles. The van der Waals surface area contributed by atoms with Gasteiger partial charge in [-0.25, -0.2) is 0 Å². The van der Waals surface area contributed by atoms with Crippen LogP contribution in [0.25, 0.3) is 0 Å². The zero-order chi connectivity index (χ0) is 12.8. The van der Waals surface area contributed by atoms with Crippen LogP contribution in [0.4, 0.5) is 0 Å². The minimum absolute atomic E-state index is 0.00565. The van der Waals surface area contributed by atoms with Crippen LogP contribution in [0.3, 0.4) is 0 Å². The van der Waals surface area contributed by atoms with Crippen molar-refractivity contribution in [2.75, 3.05) is 0 Å². The van der Waals surface area contributed by atoms with E-state index in [1.807, 2.05) is 48.5 Å². The average Bonchev–Trinajstić information content (AvgIpc) is 2.46. The van der Waals surface area contributed by atoms with Gasteiger partial charge in [0.1, 0.15) is 0 Å². The van der Waals surface area contributed by atoms with E-state index >= 15 is 0 Å². The van der Waals surface area contributed by atoms with Crippen LogP contribution in [0.2, 0.25) is 0 Å². The Kier molecular flexibility index (Phi) is 3.88. The average molecular weight is 234 g/mol. The molecule has 0 unspecified atom stereocenters. The van der Waals surface area contributed by atoms with Crippen LogP contribution >= 0.6 is 0 Å². The molecule has 1 atom stereocenters. The van der Waals surface area contributed by atoms with Gasteiger partial charge in [0.25, 0.3) is 0 Å². The fourth-order valence-corrected chi connectivity index (χ4v) is 1.93. The molecule has 0 radical (unpaired) electrons. The maximum atomic E-state index is 9.07. The molecule has 0 aliphatic heterocycles. The van der Waals surface area contributed by atoms with Gasteiger partial charge in [0.05, 0.1) is 6.07 Å². The van der Waals surface area contributed by atoms with Crippen molar-refractivity contribution in [3.8, 4) is 6.07 Å². The lowest BCUT2D eigenvalue weighted by Crippen LogP contribution is -2.06. The lowest BCUT2D eigenvalue weighted by Gasteiger charge is -2.15. The first-order valence-corrected chi connectivity index (χ1v) is 5.85. The van der Waals surface area contributed by atoms with Crippen molar-refractivity contribution in [3.63, 3.8) is 0 Å². The third-order valence-corrected chi connectivity index (χ3v) is 2.91. The largest absolute Gasteiger partial charge is 0.261 e. The van der Waals surface area contributed by atoms with Gasteiger partial charge in [-0.1, -0.05) is 43.0 Å². The Morgan fingerprint density at radius 3 is 2.50 bits per heavy atom. The summed E-state index contributed by atoms with van der Waals surface area (Å²) in [6.45, 7) is 3.86. The Morgan fingerprint density at radius 2 is 1.89 bits per heavy atom. The Hall–Kier alpha value is -2.40. The van der Waals surface area contributed by atoms with Crippen molar-refractivity contribution in [3.05, 3.63) is 78.1 Å². The van der Waals surface area contributed by atoms with Gasteiger partial charge in [-0.05, 0) is 17.7 Å². The van der Waals surface area contributed by atoms with E-state index < -0.39 is 0 Å². The normalized spacial score (nSPS) is 11.5. The van der Waals surface area contributed by atoms with Gasteiger partial charge in [-0.3, -0.25) is 4.98 Å². The van der Waals surface area contributed by atoms with Crippen molar-refractivity contribution >= 4 is 0 Å². The number of allylic oxidation sites excluding steroid dienone is 1. The van der Waals surface area contributed by atoms with Crippen LogP contribution in [0.1, 0.15) is 17.2 Å². The van der Waals surface area contributed by atoms with Gasteiger partial charge in [-0.2, -0.15) is 5.26 Å². The lowest BCUT2D eigenvalue weighted by molar-refractivity contribution is 0.787. The number of nitriles is 1. The van der Waals surface area contributed by atoms with Gasteiger partial charge < -0.3 is 0 Å². The monoisotopic (exact) mass is 234 g/mol. The molecule has 2 aromatic rings. The number of hydrogen-bond acceptors (Lipinski definition) is 2. The molecule has 0 saturated heterocycles. The summed E-state index contributed by atoms with van der Waals surface area (Å²) in [5.41, 5.74) is 2.66. The van der Waals surface area contributed by atoms with Crippen LogP contribution in [-0.4, -0.2) is 4.98 Å². The molecule has 1 heterocycles. The van der Waals surface area contributed by atoms with Gasteiger partial charge in [0.15, 0.2) is 0 Å². The number of hydrogen-bond donors (Lipinski definition) is 0. The third kappa shape index (κ3) is 2.83. The number of benzene rings is 1. The second kappa shape index (κ2) is 5.79. The zero-order valence-electron chi connectivity index (χ0n) is 10.1. The number of pyridine rings is 1. The molecule has 2 rings (SSSR count). The maximum absolute atomic E-state index is 9.07. The Bertz CT molecular complexity index is 553.